The Morgan fingerprint density at radius 2 is 0.800 bits per heavy atom. The van der Waals surface area contributed by atoms with Crippen molar-refractivity contribution in [2.24, 2.45) is 0 Å². The molecule has 0 saturated carbocycles. The number of fused-ring (bicyclic) bond motifs is 5. The fourth-order valence-electron chi connectivity index (χ4n) is 7.15. The van der Waals surface area contributed by atoms with Crippen LogP contribution < -0.4 is 0 Å². The second-order valence-corrected chi connectivity index (χ2v) is 15.5. The molecule has 0 N–H and O–H groups in total. The van der Waals surface area contributed by atoms with E-state index in [4.69, 9.17) is 0 Å². The van der Waals surface area contributed by atoms with Gasteiger partial charge in [-0.1, -0.05) is 168 Å². The fraction of sp³-hybridized carbons (Fsp3) is 0.160. The van der Waals surface area contributed by atoms with Crippen molar-refractivity contribution < 1.29 is 0 Å². The van der Waals surface area contributed by atoms with Crippen molar-refractivity contribution in [3.8, 4) is 23.7 Å². The minimum atomic E-state index is 0.0303. The average molecular weight is 641 g/mol. The number of rotatable bonds is 0. The van der Waals surface area contributed by atoms with Crippen LogP contribution in [-0.2, 0) is 10.8 Å². The smallest absolute Gasteiger partial charge is 0.0406 e. The molecule has 8 rings (SSSR count). The van der Waals surface area contributed by atoms with Crippen molar-refractivity contribution in [1.29, 1.82) is 0 Å². The summed E-state index contributed by atoms with van der Waals surface area (Å²) < 4.78 is 0. The Morgan fingerprint density at radius 3 is 1.40 bits per heavy atom. The van der Waals surface area contributed by atoms with Crippen LogP contribution in [0.3, 0.4) is 0 Å². The van der Waals surface area contributed by atoms with Gasteiger partial charge in [0, 0.05) is 27.6 Å². The maximum atomic E-state index is 3.73. The van der Waals surface area contributed by atoms with Crippen LogP contribution in [0.2, 0.25) is 0 Å². The zero-order valence-electron chi connectivity index (χ0n) is 29.7. The van der Waals surface area contributed by atoms with E-state index in [9.17, 15) is 0 Å². The predicted octanol–water partition coefficient (Wildman–Crippen LogP) is 12.8. The van der Waals surface area contributed by atoms with Crippen molar-refractivity contribution in [3.05, 3.63) is 167 Å². The summed E-state index contributed by atoms with van der Waals surface area (Å²) in [6, 6.07) is 48.3. The van der Waals surface area contributed by atoms with Gasteiger partial charge in [0.2, 0.25) is 0 Å². The molecule has 0 aliphatic carbocycles. The van der Waals surface area contributed by atoms with Crippen molar-refractivity contribution in [1.82, 2.24) is 0 Å². The first-order valence-electron chi connectivity index (χ1n) is 17.5. The van der Waals surface area contributed by atoms with Gasteiger partial charge in [-0.05, 0) is 101 Å². The molecule has 0 saturated heterocycles. The molecule has 0 atom stereocenters. The molecule has 0 aliphatic heterocycles. The van der Waals surface area contributed by atoms with Gasteiger partial charge in [0.05, 0.1) is 0 Å². The van der Waals surface area contributed by atoms with Crippen molar-refractivity contribution in [2.45, 2.75) is 52.4 Å². The molecule has 0 amide bonds. The Morgan fingerprint density at radius 1 is 0.340 bits per heavy atom. The molecule has 0 nitrogen and oxygen atoms in total. The van der Waals surface area contributed by atoms with Gasteiger partial charge in [-0.2, -0.15) is 0 Å². The molecule has 0 spiro atoms. The lowest BCUT2D eigenvalue weighted by Gasteiger charge is -2.21. The SMILES string of the molecule is CC(C)(C)c1ccc2c(C#Cc3cccc4cccc(C#Cc5c6ccccc6cc6ccccc56)c34)c3cc(C(C)(C)C)ccc3cc2c1. The third-order valence-electron chi connectivity index (χ3n) is 10.0. The first-order chi connectivity index (χ1) is 24.0. The number of hydrogen-bond acceptors (Lipinski definition) is 0. The van der Waals surface area contributed by atoms with E-state index in [1.165, 1.54) is 54.2 Å². The Bertz CT molecular complexity index is 2710. The van der Waals surface area contributed by atoms with E-state index in [2.05, 4.69) is 199 Å². The normalized spacial score (nSPS) is 11.9. The van der Waals surface area contributed by atoms with Gasteiger partial charge in [-0.15, -0.1) is 0 Å². The molecule has 0 heteroatoms. The molecular formula is C50H40. The Hall–Kier alpha value is -5.82. The van der Waals surface area contributed by atoms with Crippen molar-refractivity contribution >= 4 is 53.9 Å². The lowest BCUT2D eigenvalue weighted by atomic mass is 9.83. The molecule has 240 valence electrons. The number of benzene rings is 8. The summed E-state index contributed by atoms with van der Waals surface area (Å²) in [6.07, 6.45) is 0. The number of hydrogen-bond donors (Lipinski definition) is 0. The van der Waals surface area contributed by atoms with Gasteiger partial charge in [-0.3, -0.25) is 0 Å². The summed E-state index contributed by atoms with van der Waals surface area (Å²) in [4.78, 5) is 0. The summed E-state index contributed by atoms with van der Waals surface area (Å²) in [5.74, 6) is 14.6. The Labute approximate surface area is 295 Å². The Kier molecular flexibility index (Phi) is 7.52. The van der Waals surface area contributed by atoms with Gasteiger partial charge in [0.15, 0.2) is 0 Å². The lowest BCUT2D eigenvalue weighted by molar-refractivity contribution is 0.590. The minimum Gasteiger partial charge on any atom is -0.0616 e. The maximum Gasteiger partial charge on any atom is 0.0406 e. The van der Waals surface area contributed by atoms with E-state index in [-0.39, 0.29) is 10.8 Å². The summed E-state index contributed by atoms with van der Waals surface area (Å²) in [5, 5.41) is 11.8. The van der Waals surface area contributed by atoms with E-state index >= 15 is 0 Å². The third-order valence-corrected chi connectivity index (χ3v) is 10.0. The van der Waals surface area contributed by atoms with Gasteiger partial charge in [0.25, 0.3) is 0 Å². The second kappa shape index (κ2) is 11.9. The van der Waals surface area contributed by atoms with Gasteiger partial charge >= 0.3 is 0 Å². The quantitative estimate of drug-likeness (QED) is 0.114. The summed E-state index contributed by atoms with van der Waals surface area (Å²) in [6.45, 7) is 13.6. The van der Waals surface area contributed by atoms with Crippen LogP contribution in [0.1, 0.15) is 74.9 Å². The molecule has 0 unspecified atom stereocenters. The van der Waals surface area contributed by atoms with Crippen LogP contribution in [0.25, 0.3) is 53.9 Å². The van der Waals surface area contributed by atoms with E-state index in [0.717, 1.165) is 33.0 Å². The van der Waals surface area contributed by atoms with E-state index in [0.29, 0.717) is 0 Å². The van der Waals surface area contributed by atoms with Crippen LogP contribution in [-0.4, -0.2) is 0 Å². The molecule has 8 aromatic rings. The van der Waals surface area contributed by atoms with Gasteiger partial charge in [0.1, 0.15) is 0 Å². The van der Waals surface area contributed by atoms with Crippen LogP contribution in [0.5, 0.6) is 0 Å². The molecule has 8 aromatic carbocycles. The zero-order chi connectivity index (χ0) is 34.6. The molecule has 0 heterocycles. The second-order valence-electron chi connectivity index (χ2n) is 15.5. The molecule has 50 heavy (non-hydrogen) atoms. The van der Waals surface area contributed by atoms with Crippen molar-refractivity contribution in [3.63, 3.8) is 0 Å². The van der Waals surface area contributed by atoms with Gasteiger partial charge in [-0.25, -0.2) is 0 Å². The third kappa shape index (κ3) is 5.68. The lowest BCUT2D eigenvalue weighted by Crippen LogP contribution is -2.11. The van der Waals surface area contributed by atoms with E-state index < -0.39 is 0 Å². The highest BCUT2D eigenvalue weighted by atomic mass is 14.2. The van der Waals surface area contributed by atoms with E-state index in [1.807, 2.05) is 0 Å². The highest BCUT2D eigenvalue weighted by molar-refractivity contribution is 6.06. The standard InChI is InChI=1S/C50H40/c1-49(2,3)40-25-28-44-39(31-40)30-38-21-24-41(50(4,5)6)32-47(38)46(44)27-23-35-18-12-16-33-15-11-17-34(48(33)35)22-26-45-42-19-9-7-13-36(42)29-37-14-8-10-20-43(37)45/h7-21,24-25,28-32H,1-6H3. The largest absolute Gasteiger partial charge is 0.0616 e. The van der Waals surface area contributed by atoms with Crippen LogP contribution >= 0.6 is 0 Å². The first-order valence-corrected chi connectivity index (χ1v) is 17.5. The maximum absolute atomic E-state index is 3.73. The highest BCUT2D eigenvalue weighted by Crippen LogP contribution is 2.35. The van der Waals surface area contributed by atoms with Gasteiger partial charge < -0.3 is 0 Å². The summed E-state index contributed by atoms with van der Waals surface area (Å²) in [5.41, 5.74) is 6.83. The molecule has 0 aromatic heterocycles. The molecule has 0 bridgehead atoms. The summed E-state index contributed by atoms with van der Waals surface area (Å²) in [7, 11) is 0. The van der Waals surface area contributed by atoms with Crippen molar-refractivity contribution in [2.75, 3.05) is 0 Å². The highest BCUT2D eigenvalue weighted by Gasteiger charge is 2.18. The average Bonchev–Trinajstić information content (AvgIpc) is 3.10. The zero-order valence-corrected chi connectivity index (χ0v) is 29.7. The van der Waals surface area contributed by atoms with Crippen LogP contribution in [0.4, 0.5) is 0 Å². The Balaban J connectivity index is 1.35. The monoisotopic (exact) mass is 640 g/mol. The topological polar surface area (TPSA) is 0 Å². The fourth-order valence-corrected chi connectivity index (χ4v) is 7.15. The minimum absolute atomic E-state index is 0.0303. The van der Waals surface area contributed by atoms with E-state index in [1.54, 1.807) is 0 Å². The first kappa shape index (κ1) is 31.4. The summed E-state index contributed by atoms with van der Waals surface area (Å²) >= 11 is 0. The van der Waals surface area contributed by atoms with Crippen LogP contribution in [0.15, 0.2) is 133 Å². The molecule has 0 fully saturated rings. The predicted molar refractivity (Wildman–Crippen MR) is 216 cm³/mol. The van der Waals surface area contributed by atoms with Crippen LogP contribution in [0, 0.1) is 23.7 Å². The molecular weight excluding hydrogens is 601 g/mol. The molecule has 0 aliphatic rings. The molecule has 0 radical (unpaired) electrons.